The van der Waals surface area contributed by atoms with Gasteiger partial charge in [0.1, 0.15) is 6.07 Å². The van der Waals surface area contributed by atoms with Gasteiger partial charge in [-0.05, 0) is 32.1 Å². The third-order valence-corrected chi connectivity index (χ3v) is 5.72. The Labute approximate surface area is 120 Å². The van der Waals surface area contributed by atoms with Crippen molar-refractivity contribution in [2.24, 2.45) is 5.92 Å². The number of benzene rings is 1. The molecule has 2 rings (SSSR count). The van der Waals surface area contributed by atoms with Crippen LogP contribution < -0.4 is 0 Å². The molecule has 20 heavy (non-hydrogen) atoms. The largest absolute Gasteiger partial charge is 0.305 e. The van der Waals surface area contributed by atoms with Crippen molar-refractivity contribution < 1.29 is 8.42 Å². The van der Waals surface area contributed by atoms with Gasteiger partial charge in [-0.15, -0.1) is 0 Å². The van der Waals surface area contributed by atoms with Gasteiger partial charge in [0, 0.05) is 19.1 Å². The molecule has 5 nitrogen and oxygen atoms in total. The Morgan fingerprint density at radius 2 is 1.95 bits per heavy atom. The van der Waals surface area contributed by atoms with Gasteiger partial charge in [-0.2, -0.15) is 9.57 Å². The lowest BCUT2D eigenvalue weighted by atomic mass is 10.1. The van der Waals surface area contributed by atoms with Crippen molar-refractivity contribution in [3.8, 4) is 6.07 Å². The molecular weight excluding hydrogens is 274 g/mol. The van der Waals surface area contributed by atoms with E-state index in [2.05, 4.69) is 11.8 Å². The smallest absolute Gasteiger partial charge is 0.244 e. The summed E-state index contributed by atoms with van der Waals surface area (Å²) < 4.78 is 26.9. The molecule has 2 unspecified atom stereocenters. The second kappa shape index (κ2) is 5.52. The summed E-state index contributed by atoms with van der Waals surface area (Å²) in [5.41, 5.74) is 0.202. The number of nitrogens with zero attached hydrogens (tertiary/aromatic N) is 3. The van der Waals surface area contributed by atoms with Gasteiger partial charge in [0.25, 0.3) is 0 Å². The normalized spacial score (nSPS) is 23.9. The van der Waals surface area contributed by atoms with Gasteiger partial charge in [-0.3, -0.25) is 0 Å². The molecule has 1 aromatic rings. The molecule has 0 radical (unpaired) electrons. The van der Waals surface area contributed by atoms with Crippen LogP contribution in [0.25, 0.3) is 0 Å². The van der Waals surface area contributed by atoms with Crippen molar-refractivity contribution in [3.63, 3.8) is 0 Å². The molecule has 108 valence electrons. The summed E-state index contributed by atoms with van der Waals surface area (Å²) in [6.45, 7) is 3.01. The van der Waals surface area contributed by atoms with Crippen LogP contribution in [0.2, 0.25) is 0 Å². The van der Waals surface area contributed by atoms with Crippen LogP contribution in [0.3, 0.4) is 0 Å². The SMILES string of the molecule is CC1CN(S(=O)(=O)c2ccccc2C#N)CC1N(C)C. The fraction of sp³-hybridized carbons (Fsp3) is 0.500. The van der Waals surface area contributed by atoms with E-state index in [0.29, 0.717) is 13.1 Å². The van der Waals surface area contributed by atoms with Crippen LogP contribution in [0.1, 0.15) is 12.5 Å². The summed E-state index contributed by atoms with van der Waals surface area (Å²) in [6.07, 6.45) is 0. The van der Waals surface area contributed by atoms with Crippen LogP contribution in [0, 0.1) is 17.2 Å². The average molecular weight is 293 g/mol. The maximum Gasteiger partial charge on any atom is 0.244 e. The Bertz CT molecular complexity index is 634. The van der Waals surface area contributed by atoms with E-state index in [9.17, 15) is 8.42 Å². The van der Waals surface area contributed by atoms with Crippen molar-refractivity contribution in [3.05, 3.63) is 29.8 Å². The van der Waals surface area contributed by atoms with Crippen LogP contribution in [0.4, 0.5) is 0 Å². The van der Waals surface area contributed by atoms with E-state index in [-0.39, 0.29) is 22.4 Å². The number of likely N-dealkylation sites (N-methyl/N-ethyl adjacent to an activating group) is 1. The molecule has 6 heteroatoms. The average Bonchev–Trinajstić information content (AvgIpc) is 2.81. The Hall–Kier alpha value is -1.42. The number of nitriles is 1. The van der Waals surface area contributed by atoms with E-state index >= 15 is 0 Å². The molecular formula is C14H19N3O2S. The lowest BCUT2D eigenvalue weighted by Crippen LogP contribution is -2.36. The van der Waals surface area contributed by atoms with Gasteiger partial charge in [-0.1, -0.05) is 19.1 Å². The zero-order valence-corrected chi connectivity index (χ0v) is 12.8. The van der Waals surface area contributed by atoms with Gasteiger partial charge in [0.05, 0.1) is 10.5 Å². The van der Waals surface area contributed by atoms with E-state index in [1.165, 1.54) is 16.4 Å². The van der Waals surface area contributed by atoms with Crippen molar-refractivity contribution >= 4 is 10.0 Å². The van der Waals surface area contributed by atoms with Crippen LogP contribution in [0.5, 0.6) is 0 Å². The first-order chi connectivity index (χ1) is 9.37. The third kappa shape index (κ3) is 2.57. The highest BCUT2D eigenvalue weighted by atomic mass is 32.2. The zero-order valence-electron chi connectivity index (χ0n) is 11.9. The summed E-state index contributed by atoms with van der Waals surface area (Å²) in [7, 11) is 0.321. The fourth-order valence-corrected chi connectivity index (χ4v) is 4.40. The molecule has 0 N–H and O–H groups in total. The first-order valence-electron chi connectivity index (χ1n) is 6.53. The lowest BCUT2D eigenvalue weighted by molar-refractivity contribution is 0.263. The lowest BCUT2D eigenvalue weighted by Gasteiger charge is -2.22. The molecule has 1 heterocycles. The molecule has 0 amide bonds. The molecule has 1 fully saturated rings. The predicted molar refractivity (Wildman–Crippen MR) is 76.6 cm³/mol. The number of hydrogen-bond acceptors (Lipinski definition) is 4. The number of hydrogen-bond donors (Lipinski definition) is 0. The molecule has 1 aliphatic heterocycles. The third-order valence-electron chi connectivity index (χ3n) is 3.83. The Morgan fingerprint density at radius 3 is 2.50 bits per heavy atom. The molecule has 0 aromatic heterocycles. The second-order valence-electron chi connectivity index (χ2n) is 5.44. The summed E-state index contributed by atoms with van der Waals surface area (Å²) in [5.74, 6) is 0.272. The molecule has 1 aromatic carbocycles. The molecule has 1 aliphatic rings. The molecule has 0 saturated carbocycles. The summed E-state index contributed by atoms with van der Waals surface area (Å²) in [5, 5.41) is 9.08. The zero-order chi connectivity index (χ0) is 14.9. The van der Waals surface area contributed by atoms with E-state index in [1.54, 1.807) is 12.1 Å². The quantitative estimate of drug-likeness (QED) is 0.838. The number of sulfonamides is 1. The standard InChI is InChI=1S/C14H19N3O2S/c1-11-9-17(10-13(11)16(2)3)20(18,19)14-7-5-4-6-12(14)8-15/h4-7,11,13H,9-10H2,1-3H3. The van der Waals surface area contributed by atoms with E-state index < -0.39 is 10.0 Å². The maximum absolute atomic E-state index is 12.7. The number of rotatable bonds is 3. The minimum absolute atomic E-state index is 0.106. The molecule has 2 atom stereocenters. The van der Waals surface area contributed by atoms with E-state index in [1.807, 2.05) is 20.2 Å². The molecule has 0 bridgehead atoms. The van der Waals surface area contributed by atoms with Crippen LogP contribution in [-0.4, -0.2) is 50.8 Å². The monoisotopic (exact) mass is 293 g/mol. The highest BCUT2D eigenvalue weighted by molar-refractivity contribution is 7.89. The van der Waals surface area contributed by atoms with Crippen LogP contribution in [-0.2, 0) is 10.0 Å². The Balaban J connectivity index is 2.36. The highest BCUT2D eigenvalue weighted by Gasteiger charge is 2.38. The minimum atomic E-state index is -3.60. The van der Waals surface area contributed by atoms with Crippen molar-refractivity contribution in [1.82, 2.24) is 9.21 Å². The van der Waals surface area contributed by atoms with E-state index in [0.717, 1.165) is 0 Å². The van der Waals surface area contributed by atoms with Crippen LogP contribution in [0.15, 0.2) is 29.2 Å². The Morgan fingerprint density at radius 1 is 1.30 bits per heavy atom. The summed E-state index contributed by atoms with van der Waals surface area (Å²) >= 11 is 0. The van der Waals surface area contributed by atoms with Crippen molar-refractivity contribution in [2.75, 3.05) is 27.2 Å². The fourth-order valence-electron chi connectivity index (χ4n) is 2.70. The van der Waals surface area contributed by atoms with Crippen molar-refractivity contribution in [2.45, 2.75) is 17.9 Å². The van der Waals surface area contributed by atoms with Crippen LogP contribution >= 0.6 is 0 Å². The second-order valence-corrected chi connectivity index (χ2v) is 7.34. The van der Waals surface area contributed by atoms with Gasteiger partial charge in [0.2, 0.25) is 10.0 Å². The molecule has 0 spiro atoms. The van der Waals surface area contributed by atoms with Crippen molar-refractivity contribution in [1.29, 1.82) is 5.26 Å². The topological polar surface area (TPSA) is 64.4 Å². The Kier molecular flexibility index (Phi) is 4.14. The first-order valence-corrected chi connectivity index (χ1v) is 7.97. The van der Waals surface area contributed by atoms with Gasteiger partial charge in [-0.25, -0.2) is 8.42 Å². The maximum atomic E-state index is 12.7. The highest BCUT2D eigenvalue weighted by Crippen LogP contribution is 2.27. The first kappa shape index (κ1) is 15.0. The molecule has 1 saturated heterocycles. The summed E-state index contributed by atoms with van der Waals surface area (Å²) in [4.78, 5) is 2.16. The summed E-state index contributed by atoms with van der Waals surface area (Å²) in [6, 6.07) is 8.52. The molecule has 0 aliphatic carbocycles. The van der Waals surface area contributed by atoms with Gasteiger partial charge >= 0.3 is 0 Å². The van der Waals surface area contributed by atoms with Gasteiger partial charge < -0.3 is 4.90 Å². The minimum Gasteiger partial charge on any atom is -0.305 e. The van der Waals surface area contributed by atoms with Gasteiger partial charge in [0.15, 0.2) is 0 Å². The van der Waals surface area contributed by atoms with E-state index in [4.69, 9.17) is 5.26 Å². The predicted octanol–water partition coefficient (Wildman–Crippen LogP) is 1.13.